The average Bonchev–Trinajstić information content (AvgIpc) is 3.29. The Kier molecular flexibility index (Phi) is 6.57. The molecule has 5 heteroatoms. The van der Waals surface area contributed by atoms with Crippen molar-refractivity contribution in [3.63, 3.8) is 0 Å². The van der Waals surface area contributed by atoms with E-state index in [1.807, 2.05) is 29.2 Å². The first-order valence-electron chi connectivity index (χ1n) is 10.9. The second-order valence-electron chi connectivity index (χ2n) is 7.85. The minimum Gasteiger partial charge on any atom is -0.457 e. The molecule has 0 bridgehead atoms. The standard InChI is InChI=1S/C26H27ClN2O2/c1-3-18-8-5-6-10-24(18)31-21-11-12-22(19(4-2)16-21)20-13-15-29(17-20)26(30)25-23(27)9-7-14-28-25/h5-12,14,16,20H,3-4,13,15,17H2,1-2H3. The maximum Gasteiger partial charge on any atom is 0.274 e. The highest BCUT2D eigenvalue weighted by molar-refractivity contribution is 6.33. The molecule has 2 aromatic carbocycles. The van der Waals surface area contributed by atoms with Crippen LogP contribution in [0.3, 0.4) is 0 Å². The Morgan fingerprint density at radius 3 is 2.68 bits per heavy atom. The van der Waals surface area contributed by atoms with Crippen molar-refractivity contribution in [1.29, 1.82) is 0 Å². The van der Waals surface area contributed by atoms with Crippen LogP contribution in [0.5, 0.6) is 11.5 Å². The molecule has 2 heterocycles. The molecule has 4 rings (SSSR count). The Bertz CT molecular complexity index is 1080. The van der Waals surface area contributed by atoms with E-state index in [1.54, 1.807) is 18.3 Å². The lowest BCUT2D eigenvalue weighted by atomic mass is 9.92. The number of likely N-dealkylation sites (tertiary alicyclic amines) is 1. The summed E-state index contributed by atoms with van der Waals surface area (Å²) in [6.07, 6.45) is 4.39. The van der Waals surface area contributed by atoms with Crippen LogP contribution in [-0.4, -0.2) is 28.9 Å². The van der Waals surface area contributed by atoms with Gasteiger partial charge in [-0.1, -0.05) is 49.7 Å². The predicted octanol–water partition coefficient (Wildman–Crippen LogP) is 6.28. The highest BCUT2D eigenvalue weighted by atomic mass is 35.5. The topological polar surface area (TPSA) is 42.4 Å². The first-order chi connectivity index (χ1) is 15.1. The monoisotopic (exact) mass is 434 g/mol. The van der Waals surface area contributed by atoms with Gasteiger partial charge < -0.3 is 9.64 Å². The van der Waals surface area contributed by atoms with Crippen LogP contribution < -0.4 is 4.74 Å². The molecule has 1 atom stereocenters. The van der Waals surface area contributed by atoms with Gasteiger partial charge in [0.15, 0.2) is 0 Å². The summed E-state index contributed by atoms with van der Waals surface area (Å²) in [4.78, 5) is 18.9. The maximum absolute atomic E-state index is 12.9. The lowest BCUT2D eigenvalue weighted by Gasteiger charge is -2.19. The van der Waals surface area contributed by atoms with Gasteiger partial charge in [0.05, 0.1) is 5.02 Å². The number of para-hydroxylation sites is 1. The van der Waals surface area contributed by atoms with Crippen LogP contribution in [0.1, 0.15) is 53.4 Å². The SMILES string of the molecule is CCc1ccccc1Oc1ccc(C2CCN(C(=O)c3ncccc3Cl)C2)c(CC)c1. The average molecular weight is 435 g/mol. The number of nitrogens with zero attached hydrogens (tertiary/aromatic N) is 2. The molecule has 1 aliphatic heterocycles. The predicted molar refractivity (Wildman–Crippen MR) is 124 cm³/mol. The van der Waals surface area contributed by atoms with Crippen LogP contribution in [0.4, 0.5) is 0 Å². The molecule has 0 saturated carbocycles. The molecule has 1 saturated heterocycles. The number of hydrogen-bond acceptors (Lipinski definition) is 3. The molecule has 1 aromatic heterocycles. The maximum atomic E-state index is 12.9. The minimum atomic E-state index is -0.0951. The van der Waals surface area contributed by atoms with Crippen LogP contribution in [0.2, 0.25) is 5.02 Å². The van der Waals surface area contributed by atoms with E-state index < -0.39 is 0 Å². The molecule has 31 heavy (non-hydrogen) atoms. The number of aromatic nitrogens is 1. The van der Waals surface area contributed by atoms with Gasteiger partial charge in [-0.2, -0.15) is 0 Å². The third-order valence-electron chi connectivity index (χ3n) is 5.95. The molecule has 0 N–H and O–H groups in total. The molecule has 1 unspecified atom stereocenters. The van der Waals surface area contributed by atoms with Crippen molar-refractivity contribution in [1.82, 2.24) is 9.88 Å². The van der Waals surface area contributed by atoms with Crippen molar-refractivity contribution in [3.05, 3.63) is 88.2 Å². The number of ether oxygens (including phenoxy) is 1. The summed E-state index contributed by atoms with van der Waals surface area (Å²) in [5.41, 5.74) is 4.09. The van der Waals surface area contributed by atoms with E-state index in [4.69, 9.17) is 16.3 Å². The molecule has 0 radical (unpaired) electrons. The molecule has 1 fully saturated rings. The zero-order valence-corrected chi connectivity index (χ0v) is 18.7. The van der Waals surface area contributed by atoms with Crippen LogP contribution >= 0.6 is 11.6 Å². The highest BCUT2D eigenvalue weighted by Crippen LogP contribution is 2.34. The number of benzene rings is 2. The van der Waals surface area contributed by atoms with Crippen LogP contribution in [0, 0.1) is 0 Å². The molecule has 0 aliphatic carbocycles. The smallest absolute Gasteiger partial charge is 0.274 e. The molecule has 3 aromatic rings. The number of rotatable bonds is 6. The Balaban J connectivity index is 1.51. The third-order valence-corrected chi connectivity index (χ3v) is 6.26. The van der Waals surface area contributed by atoms with E-state index in [9.17, 15) is 4.79 Å². The zero-order valence-electron chi connectivity index (χ0n) is 18.0. The van der Waals surface area contributed by atoms with E-state index in [2.05, 4.69) is 37.0 Å². The number of aryl methyl sites for hydroxylation is 2. The number of carbonyl (C=O) groups excluding carboxylic acids is 1. The highest BCUT2D eigenvalue weighted by Gasteiger charge is 2.30. The molecular formula is C26H27ClN2O2. The van der Waals surface area contributed by atoms with Gasteiger partial charge in [0.1, 0.15) is 17.2 Å². The van der Waals surface area contributed by atoms with Gasteiger partial charge in [-0.25, -0.2) is 4.98 Å². The van der Waals surface area contributed by atoms with Crippen molar-refractivity contribution >= 4 is 17.5 Å². The number of pyridine rings is 1. The van der Waals surface area contributed by atoms with Gasteiger partial charge in [0, 0.05) is 25.2 Å². The van der Waals surface area contributed by atoms with Crippen molar-refractivity contribution in [2.45, 2.75) is 39.0 Å². The normalized spacial score (nSPS) is 15.8. The molecule has 4 nitrogen and oxygen atoms in total. The second-order valence-corrected chi connectivity index (χ2v) is 8.26. The first kappa shape index (κ1) is 21.4. The van der Waals surface area contributed by atoms with Crippen LogP contribution in [0.15, 0.2) is 60.8 Å². The lowest BCUT2D eigenvalue weighted by Crippen LogP contribution is -2.29. The lowest BCUT2D eigenvalue weighted by molar-refractivity contribution is 0.0785. The van der Waals surface area contributed by atoms with Crippen molar-refractivity contribution in [2.75, 3.05) is 13.1 Å². The van der Waals surface area contributed by atoms with E-state index in [-0.39, 0.29) is 5.91 Å². The molecular weight excluding hydrogens is 408 g/mol. The number of amides is 1. The van der Waals surface area contributed by atoms with E-state index in [1.165, 1.54) is 16.7 Å². The third kappa shape index (κ3) is 4.59. The summed E-state index contributed by atoms with van der Waals surface area (Å²) in [7, 11) is 0. The quantitative estimate of drug-likeness (QED) is 0.458. The minimum absolute atomic E-state index is 0.0951. The first-order valence-corrected chi connectivity index (χ1v) is 11.3. The summed E-state index contributed by atoms with van der Waals surface area (Å²) < 4.78 is 6.20. The molecule has 1 amide bonds. The van der Waals surface area contributed by atoms with Crippen LogP contribution in [0.25, 0.3) is 0 Å². The number of carbonyl (C=O) groups is 1. The van der Waals surface area contributed by atoms with Crippen molar-refractivity contribution in [2.24, 2.45) is 0 Å². The van der Waals surface area contributed by atoms with E-state index >= 15 is 0 Å². The van der Waals surface area contributed by atoms with E-state index in [0.717, 1.165) is 30.8 Å². The Morgan fingerprint density at radius 2 is 1.90 bits per heavy atom. The fourth-order valence-electron chi connectivity index (χ4n) is 4.26. The summed E-state index contributed by atoms with van der Waals surface area (Å²) in [6.45, 7) is 5.68. The van der Waals surface area contributed by atoms with Gasteiger partial charge in [-0.05, 0) is 66.3 Å². The Morgan fingerprint density at radius 1 is 1.10 bits per heavy atom. The summed E-state index contributed by atoms with van der Waals surface area (Å²) in [5, 5.41) is 0.402. The fraction of sp³-hybridized carbons (Fsp3) is 0.308. The molecule has 0 spiro atoms. The van der Waals surface area contributed by atoms with Gasteiger partial charge in [-0.3, -0.25) is 4.79 Å². The van der Waals surface area contributed by atoms with E-state index in [0.29, 0.717) is 29.7 Å². The zero-order chi connectivity index (χ0) is 21.8. The summed E-state index contributed by atoms with van der Waals surface area (Å²) >= 11 is 6.18. The molecule has 160 valence electrons. The van der Waals surface area contributed by atoms with Gasteiger partial charge in [-0.15, -0.1) is 0 Å². The van der Waals surface area contributed by atoms with Gasteiger partial charge in [0.25, 0.3) is 5.91 Å². The van der Waals surface area contributed by atoms with Gasteiger partial charge in [0.2, 0.25) is 0 Å². The van der Waals surface area contributed by atoms with Crippen molar-refractivity contribution < 1.29 is 9.53 Å². The van der Waals surface area contributed by atoms with Crippen molar-refractivity contribution in [3.8, 4) is 11.5 Å². The fourth-order valence-corrected chi connectivity index (χ4v) is 4.47. The Labute approximate surface area is 188 Å². The number of hydrogen-bond donors (Lipinski definition) is 0. The molecule has 1 aliphatic rings. The Hall–Kier alpha value is -2.85. The summed E-state index contributed by atoms with van der Waals surface area (Å²) in [5.74, 6) is 1.97. The van der Waals surface area contributed by atoms with Gasteiger partial charge >= 0.3 is 0 Å². The largest absolute Gasteiger partial charge is 0.457 e. The number of halogens is 1. The summed E-state index contributed by atoms with van der Waals surface area (Å²) in [6, 6.07) is 17.9. The second kappa shape index (κ2) is 9.52. The van der Waals surface area contributed by atoms with Crippen LogP contribution in [-0.2, 0) is 12.8 Å².